The first-order valence-corrected chi connectivity index (χ1v) is 7.86. The Balaban J connectivity index is 1.92. The molecule has 5 nitrogen and oxygen atoms in total. The lowest BCUT2D eigenvalue weighted by Gasteiger charge is -2.35. The molecular formula is C18H23N3O2. The zero-order valence-electron chi connectivity index (χ0n) is 14.0. The van der Waals surface area contributed by atoms with Crippen LogP contribution in [0.25, 0.3) is 0 Å². The van der Waals surface area contributed by atoms with E-state index in [0.717, 1.165) is 0 Å². The van der Waals surface area contributed by atoms with E-state index in [1.165, 1.54) is 0 Å². The molecule has 0 spiro atoms. The molecular weight excluding hydrogens is 290 g/mol. The second kappa shape index (κ2) is 6.93. The summed E-state index contributed by atoms with van der Waals surface area (Å²) in [6.45, 7) is 8.83. The van der Waals surface area contributed by atoms with Crippen LogP contribution in [0.2, 0.25) is 0 Å². The number of ketones is 1. The molecule has 0 N–H and O–H groups in total. The van der Waals surface area contributed by atoms with E-state index in [1.54, 1.807) is 29.2 Å². The van der Waals surface area contributed by atoms with Crippen LogP contribution in [0.1, 0.15) is 36.7 Å². The number of amides is 1. The topological polar surface area (TPSA) is 64.4 Å². The molecule has 1 aliphatic rings. The van der Waals surface area contributed by atoms with Crippen molar-refractivity contribution in [2.75, 3.05) is 32.7 Å². The molecule has 0 bridgehead atoms. The Kier molecular flexibility index (Phi) is 5.17. The Morgan fingerprint density at radius 3 is 2.39 bits per heavy atom. The molecule has 122 valence electrons. The van der Waals surface area contributed by atoms with Gasteiger partial charge in [-0.25, -0.2) is 0 Å². The van der Waals surface area contributed by atoms with E-state index in [4.69, 9.17) is 5.26 Å². The molecule has 1 saturated heterocycles. The van der Waals surface area contributed by atoms with Crippen LogP contribution in [0.3, 0.4) is 0 Å². The number of rotatable bonds is 3. The highest BCUT2D eigenvalue weighted by Crippen LogP contribution is 2.16. The monoisotopic (exact) mass is 313 g/mol. The van der Waals surface area contributed by atoms with Crippen molar-refractivity contribution in [1.29, 1.82) is 5.26 Å². The molecule has 0 atom stereocenters. The largest absolute Gasteiger partial charge is 0.336 e. The number of hydrogen-bond donors (Lipinski definition) is 0. The number of hydrogen-bond acceptors (Lipinski definition) is 4. The summed E-state index contributed by atoms with van der Waals surface area (Å²) in [7, 11) is 0. The maximum atomic E-state index is 12.5. The summed E-state index contributed by atoms with van der Waals surface area (Å²) < 4.78 is 0. The van der Waals surface area contributed by atoms with Crippen LogP contribution in [-0.4, -0.2) is 54.2 Å². The highest BCUT2D eigenvalue weighted by atomic mass is 16.2. The Morgan fingerprint density at radius 2 is 1.83 bits per heavy atom. The van der Waals surface area contributed by atoms with Gasteiger partial charge in [-0.05, 0) is 18.2 Å². The average Bonchev–Trinajstić information content (AvgIpc) is 2.54. The molecule has 0 aromatic heterocycles. The molecule has 1 amide bonds. The van der Waals surface area contributed by atoms with Crippen molar-refractivity contribution < 1.29 is 9.59 Å². The number of Topliss-reactive ketones (excluding diaryl/α,β-unsaturated/α-hetero) is 1. The van der Waals surface area contributed by atoms with Crippen LogP contribution < -0.4 is 0 Å². The molecule has 0 unspecified atom stereocenters. The molecule has 1 fully saturated rings. The molecule has 1 aromatic rings. The molecule has 0 aliphatic carbocycles. The first kappa shape index (κ1) is 17.2. The molecule has 0 saturated carbocycles. The number of nitrogens with zero attached hydrogens (tertiary/aromatic N) is 3. The van der Waals surface area contributed by atoms with E-state index >= 15 is 0 Å². The van der Waals surface area contributed by atoms with Crippen molar-refractivity contribution in [1.82, 2.24) is 9.80 Å². The number of carbonyl (C=O) groups is 2. The minimum atomic E-state index is -0.329. The lowest BCUT2D eigenvalue weighted by Crippen LogP contribution is -2.50. The lowest BCUT2D eigenvalue weighted by atomic mass is 9.90. The first-order chi connectivity index (χ1) is 10.8. The fourth-order valence-corrected chi connectivity index (χ4v) is 2.45. The minimum Gasteiger partial charge on any atom is -0.336 e. The maximum absolute atomic E-state index is 12.5. The summed E-state index contributed by atoms with van der Waals surface area (Å²) in [5.74, 6) is 0.169. The lowest BCUT2D eigenvalue weighted by molar-refractivity contribution is -0.127. The van der Waals surface area contributed by atoms with Crippen LogP contribution in [0, 0.1) is 16.7 Å². The van der Waals surface area contributed by atoms with Crippen LogP contribution in [-0.2, 0) is 4.79 Å². The van der Waals surface area contributed by atoms with Crippen molar-refractivity contribution in [2.24, 2.45) is 5.41 Å². The number of nitriles is 1. The number of piperazine rings is 1. The van der Waals surface area contributed by atoms with Crippen LogP contribution in [0.4, 0.5) is 0 Å². The number of carbonyl (C=O) groups excluding carboxylic acids is 2. The summed E-state index contributed by atoms with van der Waals surface area (Å²) in [6, 6.07) is 8.82. The van der Waals surface area contributed by atoms with Crippen molar-refractivity contribution in [3.05, 3.63) is 35.4 Å². The smallest absolute Gasteiger partial charge is 0.253 e. The van der Waals surface area contributed by atoms with Crippen molar-refractivity contribution in [2.45, 2.75) is 20.8 Å². The fraction of sp³-hybridized carbons (Fsp3) is 0.500. The van der Waals surface area contributed by atoms with E-state index in [1.807, 2.05) is 20.8 Å². The normalized spacial score (nSPS) is 16.0. The van der Waals surface area contributed by atoms with Crippen molar-refractivity contribution >= 4 is 11.7 Å². The molecule has 23 heavy (non-hydrogen) atoms. The standard InChI is InChI=1S/C18H23N3O2/c1-18(2,3)16(22)13-20-7-9-21(10-8-20)17(23)15-6-4-5-14(11-15)12-19/h4-6,11H,7-10,13H2,1-3H3. The summed E-state index contributed by atoms with van der Waals surface area (Å²) in [5.41, 5.74) is 0.707. The van der Waals surface area contributed by atoms with E-state index in [9.17, 15) is 9.59 Å². The third kappa shape index (κ3) is 4.40. The minimum absolute atomic E-state index is 0.0519. The highest BCUT2D eigenvalue weighted by Gasteiger charge is 2.27. The van der Waals surface area contributed by atoms with Crippen molar-refractivity contribution in [3.63, 3.8) is 0 Å². The summed E-state index contributed by atoms with van der Waals surface area (Å²) in [4.78, 5) is 28.5. The molecule has 1 aliphatic heterocycles. The van der Waals surface area contributed by atoms with Gasteiger partial charge in [-0.15, -0.1) is 0 Å². The fourth-order valence-electron chi connectivity index (χ4n) is 2.45. The Hall–Kier alpha value is -2.19. The summed E-state index contributed by atoms with van der Waals surface area (Å²) in [6.07, 6.45) is 0. The van der Waals surface area contributed by atoms with E-state index in [-0.39, 0.29) is 17.1 Å². The van der Waals surface area contributed by atoms with Crippen LogP contribution >= 0.6 is 0 Å². The first-order valence-electron chi connectivity index (χ1n) is 7.86. The molecule has 0 radical (unpaired) electrons. The van der Waals surface area contributed by atoms with Gasteiger partial charge in [-0.2, -0.15) is 5.26 Å². The summed E-state index contributed by atoms with van der Waals surface area (Å²) in [5, 5.41) is 8.92. The zero-order valence-corrected chi connectivity index (χ0v) is 14.0. The second-order valence-corrected chi connectivity index (χ2v) is 6.93. The van der Waals surface area contributed by atoms with E-state index in [2.05, 4.69) is 11.0 Å². The Bertz CT molecular complexity index is 632. The SMILES string of the molecule is CC(C)(C)C(=O)CN1CCN(C(=O)c2cccc(C#N)c2)CC1. The van der Waals surface area contributed by atoms with Gasteiger partial charge in [0.25, 0.3) is 5.91 Å². The van der Waals surface area contributed by atoms with Crippen molar-refractivity contribution in [3.8, 4) is 6.07 Å². The third-order valence-electron chi connectivity index (χ3n) is 4.10. The second-order valence-electron chi connectivity index (χ2n) is 6.93. The Morgan fingerprint density at radius 1 is 1.17 bits per heavy atom. The molecule has 1 aromatic carbocycles. The Labute approximate surface area is 137 Å². The quantitative estimate of drug-likeness (QED) is 0.855. The highest BCUT2D eigenvalue weighted by molar-refractivity contribution is 5.94. The van der Waals surface area contributed by atoms with Gasteiger partial charge >= 0.3 is 0 Å². The van der Waals surface area contributed by atoms with E-state index < -0.39 is 0 Å². The maximum Gasteiger partial charge on any atom is 0.253 e. The van der Waals surface area contributed by atoms with Crippen LogP contribution in [0.15, 0.2) is 24.3 Å². The molecule has 5 heteroatoms. The average molecular weight is 313 g/mol. The molecule has 1 heterocycles. The predicted octanol–water partition coefficient (Wildman–Crippen LogP) is 1.93. The van der Waals surface area contributed by atoms with E-state index in [0.29, 0.717) is 43.9 Å². The zero-order chi connectivity index (χ0) is 17.0. The van der Waals surface area contributed by atoms with Crippen LogP contribution in [0.5, 0.6) is 0 Å². The van der Waals surface area contributed by atoms with Gasteiger partial charge in [0.1, 0.15) is 0 Å². The van der Waals surface area contributed by atoms with Gasteiger partial charge in [-0.1, -0.05) is 26.8 Å². The van der Waals surface area contributed by atoms with Gasteiger partial charge < -0.3 is 4.90 Å². The van der Waals surface area contributed by atoms with Gasteiger partial charge in [-0.3, -0.25) is 14.5 Å². The summed E-state index contributed by atoms with van der Waals surface area (Å²) >= 11 is 0. The predicted molar refractivity (Wildman–Crippen MR) is 88.0 cm³/mol. The van der Waals surface area contributed by atoms with Gasteiger partial charge in [0.15, 0.2) is 5.78 Å². The molecule has 2 rings (SSSR count). The van der Waals surface area contributed by atoms with Gasteiger partial charge in [0.2, 0.25) is 0 Å². The van der Waals surface area contributed by atoms with Gasteiger partial charge in [0, 0.05) is 37.2 Å². The van der Waals surface area contributed by atoms with Gasteiger partial charge in [0.05, 0.1) is 18.2 Å². The number of benzene rings is 1. The third-order valence-corrected chi connectivity index (χ3v) is 4.10.